The van der Waals surface area contributed by atoms with Crippen molar-refractivity contribution >= 4 is 17.4 Å². The Hall–Kier alpha value is -2.34. The molecular formula is C44H63NO9. The van der Waals surface area contributed by atoms with Crippen LogP contribution in [0.4, 0.5) is 5.69 Å². The summed E-state index contributed by atoms with van der Waals surface area (Å²) >= 11 is 0. The Morgan fingerprint density at radius 2 is 1.70 bits per heavy atom. The molecule has 0 aromatic heterocycles. The van der Waals surface area contributed by atoms with Crippen LogP contribution in [0.3, 0.4) is 0 Å². The monoisotopic (exact) mass is 749 g/mol. The van der Waals surface area contributed by atoms with Crippen LogP contribution >= 0.6 is 0 Å². The summed E-state index contributed by atoms with van der Waals surface area (Å²) in [5.74, 6) is -0.268. The lowest BCUT2D eigenvalue weighted by Crippen LogP contribution is -2.67. The number of epoxide rings is 1. The molecule has 6 N–H and O–H groups in total. The van der Waals surface area contributed by atoms with Gasteiger partial charge in [-0.25, -0.2) is 0 Å². The Kier molecular flexibility index (Phi) is 9.16. The summed E-state index contributed by atoms with van der Waals surface area (Å²) in [5, 5.41) is 69.7. The third-order valence-corrected chi connectivity index (χ3v) is 17.0. The molecule has 298 valence electrons. The topological polar surface area (TPSA) is 171 Å². The number of aliphatic hydroxyl groups is 5. The Labute approximate surface area is 320 Å². The molecule has 4 saturated carbocycles. The first kappa shape index (κ1) is 38.5. The number of amides is 1. The number of ether oxygens (including phenoxy) is 1. The van der Waals surface area contributed by atoms with E-state index in [1.54, 1.807) is 18.2 Å². The van der Waals surface area contributed by atoms with Crippen LogP contribution in [-0.4, -0.2) is 91.1 Å². The zero-order valence-electron chi connectivity index (χ0n) is 32.9. The van der Waals surface area contributed by atoms with Gasteiger partial charge in [-0.05, 0) is 135 Å². The van der Waals surface area contributed by atoms with E-state index in [0.717, 1.165) is 31.2 Å². The quantitative estimate of drug-likeness (QED) is 0.191. The molecule has 0 radical (unpaired) electrons. The van der Waals surface area contributed by atoms with Gasteiger partial charge in [-0.15, -0.1) is 0 Å². The van der Waals surface area contributed by atoms with E-state index in [-0.39, 0.29) is 59.6 Å². The zero-order valence-corrected chi connectivity index (χ0v) is 32.9. The molecule has 12 unspecified atom stereocenters. The lowest BCUT2D eigenvalue weighted by Gasteiger charge is -2.64. The average Bonchev–Trinajstić information content (AvgIpc) is 3.54. The number of anilines is 1. The Morgan fingerprint density at radius 1 is 1.00 bits per heavy atom. The van der Waals surface area contributed by atoms with Gasteiger partial charge in [-0.2, -0.15) is 0 Å². The fourth-order valence-electron chi connectivity index (χ4n) is 13.5. The standard InChI is InChI=1S/C44H63NO9/c1-25(2)26(3)37-38(54-37)40(5,52)34-10-15-44(53)31-19-35(50)43(24-46)21-33(49)32(48)20-39(43,4)30(31)9-14-42(34,44)13-8-27-16-28(18-29(47)17-27)45-23-41(22-36(45)51)11-6-7-12-41/h16-19,25-26,30,32-34,37-38,46-49,52-53H,6-15,20-24H2,1-5H3. The maximum atomic E-state index is 14.3. The molecule has 10 heteroatoms. The van der Waals surface area contributed by atoms with E-state index >= 15 is 0 Å². The number of ketones is 1. The minimum Gasteiger partial charge on any atom is -0.508 e. The molecule has 2 aliphatic heterocycles. The number of nitrogens with zero attached hydrogens (tertiary/aromatic N) is 1. The molecule has 54 heavy (non-hydrogen) atoms. The SMILES string of the molecule is CC(C)C(C)C1OC1C(C)(O)C1CCC2(O)C3=CC(=O)C4(CO)CC(O)C(O)CC4(C)C3CCC12CCc1cc(O)cc(N2CC3(CCCC3)CC2=O)c1. The molecule has 0 bridgehead atoms. The Bertz CT molecular complexity index is 1720. The number of benzene rings is 1. The van der Waals surface area contributed by atoms with Crippen molar-refractivity contribution < 1.29 is 45.0 Å². The third kappa shape index (κ3) is 5.39. The number of fused-ring (bicyclic) bond motifs is 5. The normalized spacial score (nSPS) is 42.8. The van der Waals surface area contributed by atoms with E-state index in [9.17, 15) is 40.2 Å². The van der Waals surface area contributed by atoms with Crippen molar-refractivity contribution in [3.05, 3.63) is 35.4 Å². The minimum atomic E-state index is -1.47. The lowest BCUT2D eigenvalue weighted by atomic mass is 9.40. The van der Waals surface area contributed by atoms with Crippen molar-refractivity contribution in [3.8, 4) is 5.75 Å². The Morgan fingerprint density at radius 3 is 2.39 bits per heavy atom. The first-order chi connectivity index (χ1) is 25.4. The number of aryl methyl sites for hydroxylation is 1. The van der Waals surface area contributed by atoms with Crippen molar-refractivity contribution in [1.82, 2.24) is 0 Å². The van der Waals surface area contributed by atoms with Gasteiger partial charge in [0.25, 0.3) is 0 Å². The van der Waals surface area contributed by atoms with Gasteiger partial charge < -0.3 is 40.3 Å². The van der Waals surface area contributed by atoms with Gasteiger partial charge in [-0.1, -0.05) is 40.5 Å². The van der Waals surface area contributed by atoms with Crippen molar-refractivity contribution in [2.45, 2.75) is 154 Å². The first-order valence-corrected chi connectivity index (χ1v) is 20.8. The molecule has 2 heterocycles. The summed E-state index contributed by atoms with van der Waals surface area (Å²) in [4.78, 5) is 29.5. The molecule has 5 aliphatic carbocycles. The highest BCUT2D eigenvalue weighted by Gasteiger charge is 2.74. The van der Waals surface area contributed by atoms with Crippen molar-refractivity contribution in [2.24, 2.45) is 45.3 Å². The minimum absolute atomic E-state index is 0.0110. The van der Waals surface area contributed by atoms with Crippen molar-refractivity contribution in [2.75, 3.05) is 18.1 Å². The fourth-order valence-corrected chi connectivity index (χ4v) is 13.5. The van der Waals surface area contributed by atoms with Crippen molar-refractivity contribution in [1.29, 1.82) is 0 Å². The van der Waals surface area contributed by atoms with Crippen LogP contribution in [0.2, 0.25) is 0 Å². The molecule has 12 atom stereocenters. The van der Waals surface area contributed by atoms with Gasteiger partial charge in [0.1, 0.15) is 11.9 Å². The number of rotatable bonds is 9. The summed E-state index contributed by atoms with van der Waals surface area (Å²) in [5.41, 5.74) is -3.64. The molecule has 10 nitrogen and oxygen atoms in total. The smallest absolute Gasteiger partial charge is 0.227 e. The molecule has 6 fully saturated rings. The maximum Gasteiger partial charge on any atom is 0.227 e. The Balaban J connectivity index is 1.17. The number of hydrogen-bond acceptors (Lipinski definition) is 9. The van der Waals surface area contributed by atoms with Crippen LogP contribution in [0.1, 0.15) is 117 Å². The zero-order chi connectivity index (χ0) is 38.8. The van der Waals surface area contributed by atoms with Crippen LogP contribution in [0.25, 0.3) is 0 Å². The van der Waals surface area contributed by atoms with Gasteiger partial charge in [0.15, 0.2) is 5.78 Å². The van der Waals surface area contributed by atoms with Gasteiger partial charge >= 0.3 is 0 Å². The van der Waals surface area contributed by atoms with Gasteiger partial charge in [0.2, 0.25) is 5.91 Å². The van der Waals surface area contributed by atoms with E-state index in [1.165, 1.54) is 0 Å². The maximum absolute atomic E-state index is 14.3. The number of aromatic hydroxyl groups is 1. The van der Waals surface area contributed by atoms with Crippen LogP contribution in [0, 0.1) is 45.3 Å². The molecule has 2 saturated heterocycles. The van der Waals surface area contributed by atoms with Crippen LogP contribution in [-0.2, 0) is 20.7 Å². The van der Waals surface area contributed by atoms with E-state index in [2.05, 4.69) is 20.8 Å². The molecule has 1 amide bonds. The molecule has 1 aromatic rings. The second kappa shape index (κ2) is 12.8. The predicted molar refractivity (Wildman–Crippen MR) is 202 cm³/mol. The molecule has 7 aliphatic rings. The van der Waals surface area contributed by atoms with Gasteiger partial charge in [0, 0.05) is 30.1 Å². The third-order valence-electron chi connectivity index (χ3n) is 17.0. The first-order valence-electron chi connectivity index (χ1n) is 20.8. The number of phenolic OH excluding ortho intramolecular Hbond substituents is 1. The second-order valence-electron chi connectivity index (χ2n) is 19.9. The number of aliphatic hydroxyl groups excluding tert-OH is 3. The average molecular weight is 750 g/mol. The highest BCUT2D eigenvalue weighted by molar-refractivity contribution is 5.98. The highest BCUT2D eigenvalue weighted by Crippen LogP contribution is 2.72. The molecular weight excluding hydrogens is 686 g/mol. The van der Waals surface area contributed by atoms with Crippen molar-refractivity contribution in [3.63, 3.8) is 0 Å². The van der Waals surface area contributed by atoms with E-state index in [1.807, 2.05) is 24.8 Å². The van der Waals surface area contributed by atoms with E-state index < -0.39 is 52.4 Å². The predicted octanol–water partition coefficient (Wildman–Crippen LogP) is 4.98. The fraction of sp³-hybridized carbons (Fsp3) is 0.773. The van der Waals surface area contributed by atoms with Crippen LogP contribution < -0.4 is 4.90 Å². The molecule has 8 rings (SSSR count). The lowest BCUT2D eigenvalue weighted by molar-refractivity contribution is -0.195. The number of hydrogen-bond donors (Lipinski definition) is 6. The molecule has 1 aromatic carbocycles. The summed E-state index contributed by atoms with van der Waals surface area (Å²) in [6, 6.07) is 5.40. The number of phenols is 1. The molecule has 1 spiro atoms. The van der Waals surface area contributed by atoms with E-state index in [4.69, 9.17) is 4.74 Å². The summed E-state index contributed by atoms with van der Waals surface area (Å²) in [6.45, 7) is 10.5. The summed E-state index contributed by atoms with van der Waals surface area (Å²) < 4.78 is 6.29. The van der Waals surface area contributed by atoms with Gasteiger partial charge in [0.05, 0.1) is 41.5 Å². The number of carbonyl (C=O) groups is 2. The van der Waals surface area contributed by atoms with E-state index in [0.29, 0.717) is 68.7 Å². The second-order valence-corrected chi connectivity index (χ2v) is 19.9. The van der Waals surface area contributed by atoms with Crippen LogP contribution in [0.5, 0.6) is 5.75 Å². The summed E-state index contributed by atoms with van der Waals surface area (Å²) in [7, 11) is 0. The number of allylic oxidation sites excluding steroid dienone is 1. The largest absolute Gasteiger partial charge is 0.508 e. The van der Waals surface area contributed by atoms with Gasteiger partial charge in [-0.3, -0.25) is 9.59 Å². The highest BCUT2D eigenvalue weighted by atomic mass is 16.6. The number of carbonyl (C=O) groups excluding carboxylic acids is 2. The van der Waals surface area contributed by atoms with Crippen LogP contribution in [0.15, 0.2) is 29.8 Å². The summed E-state index contributed by atoms with van der Waals surface area (Å²) in [6.07, 6.45) is 6.72.